The Hall–Kier alpha value is -4.22. The molecule has 0 bridgehead atoms. The third-order valence-electron chi connectivity index (χ3n) is 7.31. The molecule has 1 atom stereocenters. The summed E-state index contributed by atoms with van der Waals surface area (Å²) in [7, 11) is 0. The zero-order chi connectivity index (χ0) is 26.5. The minimum Gasteiger partial charge on any atom is -0.374 e. The van der Waals surface area contributed by atoms with Gasteiger partial charge in [0.25, 0.3) is 0 Å². The third-order valence-corrected chi connectivity index (χ3v) is 8.22. The Kier molecular flexibility index (Phi) is 5.82. The summed E-state index contributed by atoms with van der Waals surface area (Å²) in [6.45, 7) is 0. The van der Waals surface area contributed by atoms with Gasteiger partial charge in [0.15, 0.2) is 16.6 Å². The number of benzene rings is 1. The molecule has 5 aromatic heterocycles. The highest BCUT2D eigenvalue weighted by Crippen LogP contribution is 2.36. The van der Waals surface area contributed by atoms with Gasteiger partial charge in [0.05, 0.1) is 17.4 Å². The Morgan fingerprint density at radius 3 is 2.74 bits per heavy atom. The van der Waals surface area contributed by atoms with E-state index in [2.05, 4.69) is 30.5 Å². The average molecular weight is 544 g/mol. The van der Waals surface area contributed by atoms with Gasteiger partial charge < -0.3 is 15.4 Å². The SMILES string of the molecule is OC(Nc1cncc(-c2cc3c(-c4nc5c(-c6ccc(F)s6)ccnc5[nH]4)n[nH]c3cc2F)c1)C1CCCC1. The Balaban J connectivity index is 1.27. The number of rotatable bonds is 6. The predicted molar refractivity (Wildman–Crippen MR) is 147 cm³/mol. The maximum atomic E-state index is 15.3. The van der Waals surface area contributed by atoms with Gasteiger partial charge in [0.1, 0.15) is 23.3 Å². The molecule has 0 radical (unpaired) electrons. The summed E-state index contributed by atoms with van der Waals surface area (Å²) in [5.74, 6) is 0.230. The normalized spacial score (nSPS) is 14.9. The van der Waals surface area contributed by atoms with Crippen LogP contribution in [0.15, 0.2) is 55.0 Å². The first-order valence-electron chi connectivity index (χ1n) is 12.7. The molecule has 6 aromatic rings. The topological polar surface area (TPSA) is 115 Å². The number of aromatic amines is 2. The number of fused-ring (bicyclic) bond motifs is 2. The van der Waals surface area contributed by atoms with Crippen molar-refractivity contribution in [1.29, 1.82) is 0 Å². The molecule has 8 nitrogen and oxygen atoms in total. The van der Waals surface area contributed by atoms with Gasteiger partial charge in [-0.15, -0.1) is 11.3 Å². The summed E-state index contributed by atoms with van der Waals surface area (Å²) in [6, 6.07) is 9.83. The van der Waals surface area contributed by atoms with E-state index in [1.165, 1.54) is 12.1 Å². The van der Waals surface area contributed by atoms with Crippen molar-refractivity contribution in [2.45, 2.75) is 31.9 Å². The number of aliphatic hydroxyl groups excluding tert-OH is 1. The molecule has 0 amide bonds. The highest BCUT2D eigenvalue weighted by Gasteiger charge is 2.23. The maximum Gasteiger partial charge on any atom is 0.176 e. The van der Waals surface area contributed by atoms with Crippen LogP contribution in [0.4, 0.5) is 14.5 Å². The highest BCUT2D eigenvalue weighted by molar-refractivity contribution is 7.14. The van der Waals surface area contributed by atoms with Gasteiger partial charge >= 0.3 is 0 Å². The van der Waals surface area contributed by atoms with E-state index >= 15 is 4.39 Å². The molecule has 196 valence electrons. The van der Waals surface area contributed by atoms with Crippen molar-refractivity contribution in [2.75, 3.05) is 5.32 Å². The molecule has 1 fully saturated rings. The number of hydrogen-bond acceptors (Lipinski definition) is 7. The predicted octanol–water partition coefficient (Wildman–Crippen LogP) is 6.49. The molecule has 1 aromatic carbocycles. The van der Waals surface area contributed by atoms with Gasteiger partial charge in [-0.25, -0.2) is 14.4 Å². The van der Waals surface area contributed by atoms with Crippen LogP contribution in [-0.2, 0) is 0 Å². The van der Waals surface area contributed by atoms with Crippen molar-refractivity contribution in [1.82, 2.24) is 30.1 Å². The molecule has 11 heteroatoms. The fraction of sp³-hybridized carbons (Fsp3) is 0.214. The number of nitrogens with one attached hydrogen (secondary N) is 3. The van der Waals surface area contributed by atoms with Crippen molar-refractivity contribution < 1.29 is 13.9 Å². The number of pyridine rings is 2. The first-order valence-corrected chi connectivity index (χ1v) is 13.5. The first-order chi connectivity index (χ1) is 19.0. The van der Waals surface area contributed by atoms with Crippen LogP contribution in [0.1, 0.15) is 25.7 Å². The second kappa shape index (κ2) is 9.51. The van der Waals surface area contributed by atoms with Crippen molar-refractivity contribution >= 4 is 39.1 Å². The summed E-state index contributed by atoms with van der Waals surface area (Å²) in [5.41, 5.74) is 4.46. The number of hydrogen-bond donors (Lipinski definition) is 4. The lowest BCUT2D eigenvalue weighted by atomic mass is 10.0. The second-order valence-corrected chi connectivity index (χ2v) is 10.8. The minimum absolute atomic E-state index is 0.202. The summed E-state index contributed by atoms with van der Waals surface area (Å²) < 4.78 is 29.0. The van der Waals surface area contributed by atoms with E-state index in [1.54, 1.807) is 42.9 Å². The quantitative estimate of drug-likeness (QED) is 0.179. The third kappa shape index (κ3) is 4.33. The molecule has 7 rings (SSSR count). The van der Waals surface area contributed by atoms with Crippen LogP contribution in [0.5, 0.6) is 0 Å². The van der Waals surface area contributed by atoms with E-state index in [0.29, 0.717) is 50.4 Å². The van der Waals surface area contributed by atoms with Crippen molar-refractivity contribution in [2.24, 2.45) is 5.92 Å². The van der Waals surface area contributed by atoms with Crippen molar-refractivity contribution in [3.05, 3.63) is 65.9 Å². The summed E-state index contributed by atoms with van der Waals surface area (Å²) >= 11 is 1.04. The van der Waals surface area contributed by atoms with Gasteiger partial charge in [-0.3, -0.25) is 10.1 Å². The molecular weight excluding hydrogens is 520 g/mol. The van der Waals surface area contributed by atoms with Gasteiger partial charge in [0.2, 0.25) is 0 Å². The molecule has 5 heterocycles. The molecular formula is C28H23F2N7OS. The van der Waals surface area contributed by atoms with E-state index in [4.69, 9.17) is 4.98 Å². The van der Waals surface area contributed by atoms with Crippen LogP contribution in [0.25, 0.3) is 55.2 Å². The largest absolute Gasteiger partial charge is 0.374 e. The van der Waals surface area contributed by atoms with Gasteiger partial charge in [-0.05, 0) is 43.2 Å². The second-order valence-electron chi connectivity index (χ2n) is 9.79. The monoisotopic (exact) mass is 543 g/mol. The summed E-state index contributed by atoms with van der Waals surface area (Å²) in [4.78, 5) is 17.4. The van der Waals surface area contributed by atoms with E-state index in [1.807, 2.05) is 0 Å². The Bertz CT molecular complexity index is 1820. The van der Waals surface area contributed by atoms with Crippen LogP contribution in [0.2, 0.25) is 0 Å². The van der Waals surface area contributed by atoms with Gasteiger partial charge in [-0.2, -0.15) is 9.49 Å². The molecule has 1 saturated carbocycles. The molecule has 0 aliphatic heterocycles. The molecule has 4 N–H and O–H groups in total. The lowest BCUT2D eigenvalue weighted by Crippen LogP contribution is -2.26. The number of anilines is 1. The number of aliphatic hydroxyl groups is 1. The summed E-state index contributed by atoms with van der Waals surface area (Å²) in [5, 5.41) is 21.4. The van der Waals surface area contributed by atoms with Crippen LogP contribution >= 0.6 is 11.3 Å². The highest BCUT2D eigenvalue weighted by atomic mass is 32.1. The smallest absolute Gasteiger partial charge is 0.176 e. The molecule has 39 heavy (non-hydrogen) atoms. The number of H-pyrrole nitrogens is 2. The number of nitrogens with zero attached hydrogens (tertiary/aromatic N) is 4. The summed E-state index contributed by atoms with van der Waals surface area (Å²) in [6.07, 6.45) is 8.40. The van der Waals surface area contributed by atoms with E-state index in [0.717, 1.165) is 47.5 Å². The van der Waals surface area contributed by atoms with Crippen molar-refractivity contribution in [3.8, 4) is 33.1 Å². The molecule has 0 spiro atoms. The van der Waals surface area contributed by atoms with Crippen LogP contribution < -0.4 is 5.32 Å². The van der Waals surface area contributed by atoms with E-state index in [9.17, 15) is 9.50 Å². The molecule has 1 aliphatic rings. The standard InChI is InChI=1S/C28H23F2N7OS/c29-20-11-21-19(10-18(20)15-9-16(13-31-12-15)33-28(38)14-3-1-2-4-14)25(37-36-21)27-34-24-17(7-8-32-26(24)35-27)22-5-6-23(30)39-22/h5-14,28,33,38H,1-4H2,(H,36,37)(H,32,34,35). The van der Waals surface area contributed by atoms with Crippen LogP contribution in [0.3, 0.4) is 0 Å². The molecule has 0 saturated heterocycles. The lowest BCUT2D eigenvalue weighted by molar-refractivity contribution is 0.137. The van der Waals surface area contributed by atoms with Crippen molar-refractivity contribution in [3.63, 3.8) is 0 Å². The fourth-order valence-electron chi connectivity index (χ4n) is 5.35. The minimum atomic E-state index is -0.672. The Labute approximate surface area is 225 Å². The number of halogens is 2. The van der Waals surface area contributed by atoms with Gasteiger partial charge in [-0.1, -0.05) is 12.8 Å². The van der Waals surface area contributed by atoms with Crippen LogP contribution in [0, 0.1) is 16.9 Å². The number of thiophene rings is 1. The zero-order valence-corrected chi connectivity index (χ0v) is 21.4. The van der Waals surface area contributed by atoms with E-state index < -0.39 is 12.0 Å². The number of imidazole rings is 1. The fourth-order valence-corrected chi connectivity index (χ4v) is 6.11. The lowest BCUT2D eigenvalue weighted by Gasteiger charge is -2.20. The van der Waals surface area contributed by atoms with Crippen LogP contribution in [-0.4, -0.2) is 41.5 Å². The Morgan fingerprint density at radius 2 is 1.92 bits per heavy atom. The average Bonchev–Trinajstić information content (AvgIpc) is 3.74. The Morgan fingerprint density at radius 1 is 1.05 bits per heavy atom. The number of aromatic nitrogens is 6. The zero-order valence-electron chi connectivity index (χ0n) is 20.6. The molecule has 1 unspecified atom stereocenters. The first kappa shape index (κ1) is 23.9. The molecule has 1 aliphatic carbocycles. The van der Waals surface area contributed by atoms with E-state index in [-0.39, 0.29) is 11.0 Å². The maximum absolute atomic E-state index is 15.3. The van der Waals surface area contributed by atoms with Gasteiger partial charge in [0, 0.05) is 51.3 Å².